The van der Waals surface area contributed by atoms with E-state index in [2.05, 4.69) is 19.2 Å². The Labute approximate surface area is 101 Å². The molecule has 0 fully saturated rings. The molecule has 0 aromatic heterocycles. The minimum Gasteiger partial charge on any atom is -0.489 e. The van der Waals surface area contributed by atoms with Gasteiger partial charge in [-0.15, -0.1) is 0 Å². The van der Waals surface area contributed by atoms with E-state index in [4.69, 9.17) is 16.3 Å². The molecule has 0 aliphatic heterocycles. The molecule has 1 N–H and O–H groups in total. The van der Waals surface area contributed by atoms with E-state index < -0.39 is 5.82 Å². The molecule has 0 spiro atoms. The highest BCUT2D eigenvalue weighted by molar-refractivity contribution is 6.30. The first kappa shape index (κ1) is 13.3. The van der Waals surface area contributed by atoms with Crippen molar-refractivity contribution in [2.75, 3.05) is 13.2 Å². The molecular formula is C12H17ClFNO. The molecule has 16 heavy (non-hydrogen) atoms. The molecular weight excluding hydrogens is 229 g/mol. The first-order chi connectivity index (χ1) is 7.65. The lowest BCUT2D eigenvalue weighted by atomic mass is 10.3. The minimum atomic E-state index is -0.493. The van der Waals surface area contributed by atoms with Crippen molar-refractivity contribution in [2.24, 2.45) is 0 Å². The molecule has 1 aromatic carbocycles. The number of nitrogens with one attached hydrogen (secondary N) is 1. The highest BCUT2D eigenvalue weighted by Gasteiger charge is 2.06. The standard InChI is InChI=1S/C12H17ClFNO/c1-3-9(2)15-7-8-16-11-6-4-5-10(13)12(11)14/h4-6,9,15H,3,7-8H2,1-2H3. The van der Waals surface area contributed by atoms with Crippen molar-refractivity contribution in [3.8, 4) is 5.75 Å². The van der Waals surface area contributed by atoms with E-state index in [1.807, 2.05) is 0 Å². The van der Waals surface area contributed by atoms with E-state index in [-0.39, 0.29) is 10.8 Å². The fourth-order valence-electron chi connectivity index (χ4n) is 1.21. The van der Waals surface area contributed by atoms with Gasteiger partial charge in [-0.25, -0.2) is 4.39 Å². The van der Waals surface area contributed by atoms with Gasteiger partial charge in [-0.05, 0) is 25.5 Å². The molecule has 0 bridgehead atoms. The van der Waals surface area contributed by atoms with Crippen molar-refractivity contribution in [3.63, 3.8) is 0 Å². The Bertz CT molecular complexity index is 333. The molecule has 0 amide bonds. The first-order valence-corrected chi connectivity index (χ1v) is 5.83. The lowest BCUT2D eigenvalue weighted by molar-refractivity contribution is 0.292. The van der Waals surface area contributed by atoms with Gasteiger partial charge in [0.1, 0.15) is 6.61 Å². The summed E-state index contributed by atoms with van der Waals surface area (Å²) in [6.07, 6.45) is 1.06. The number of hydrogen-bond acceptors (Lipinski definition) is 2. The highest BCUT2D eigenvalue weighted by atomic mass is 35.5. The maximum Gasteiger partial charge on any atom is 0.183 e. The van der Waals surface area contributed by atoms with Gasteiger partial charge in [-0.3, -0.25) is 0 Å². The molecule has 1 aromatic rings. The second-order valence-electron chi connectivity index (χ2n) is 3.66. The summed E-state index contributed by atoms with van der Waals surface area (Å²) in [5.74, 6) is -0.286. The van der Waals surface area contributed by atoms with Crippen LogP contribution >= 0.6 is 11.6 Å². The average Bonchev–Trinajstić information content (AvgIpc) is 2.29. The number of benzene rings is 1. The lowest BCUT2D eigenvalue weighted by Gasteiger charge is -2.12. The molecule has 0 saturated carbocycles. The summed E-state index contributed by atoms with van der Waals surface area (Å²) in [5, 5.41) is 3.35. The van der Waals surface area contributed by atoms with Crippen molar-refractivity contribution < 1.29 is 9.13 Å². The largest absolute Gasteiger partial charge is 0.489 e. The molecule has 0 aliphatic carbocycles. The fourth-order valence-corrected chi connectivity index (χ4v) is 1.37. The van der Waals surface area contributed by atoms with E-state index in [0.717, 1.165) is 6.42 Å². The maximum atomic E-state index is 13.4. The van der Waals surface area contributed by atoms with E-state index in [1.54, 1.807) is 12.1 Å². The van der Waals surface area contributed by atoms with Gasteiger partial charge >= 0.3 is 0 Å². The summed E-state index contributed by atoms with van der Waals surface area (Å²) in [5.41, 5.74) is 0. The molecule has 1 atom stereocenters. The van der Waals surface area contributed by atoms with Gasteiger partial charge in [0, 0.05) is 12.6 Å². The molecule has 2 nitrogen and oxygen atoms in total. The first-order valence-electron chi connectivity index (χ1n) is 5.45. The van der Waals surface area contributed by atoms with E-state index in [9.17, 15) is 4.39 Å². The monoisotopic (exact) mass is 245 g/mol. The summed E-state index contributed by atoms with van der Waals surface area (Å²) in [4.78, 5) is 0. The van der Waals surface area contributed by atoms with E-state index >= 15 is 0 Å². The number of hydrogen-bond donors (Lipinski definition) is 1. The molecule has 0 heterocycles. The molecule has 4 heteroatoms. The summed E-state index contributed by atoms with van der Waals surface area (Å²) in [7, 11) is 0. The van der Waals surface area contributed by atoms with Crippen LogP contribution in [0.1, 0.15) is 20.3 Å². The fraction of sp³-hybridized carbons (Fsp3) is 0.500. The van der Waals surface area contributed by atoms with Crippen LogP contribution in [0, 0.1) is 5.82 Å². The molecule has 1 rings (SSSR count). The summed E-state index contributed by atoms with van der Waals surface area (Å²) < 4.78 is 18.7. The third-order valence-electron chi connectivity index (χ3n) is 2.38. The smallest absolute Gasteiger partial charge is 0.183 e. The lowest BCUT2D eigenvalue weighted by Crippen LogP contribution is -2.29. The van der Waals surface area contributed by atoms with Crippen molar-refractivity contribution in [1.82, 2.24) is 5.32 Å². The summed E-state index contributed by atoms with van der Waals surface area (Å²) in [6, 6.07) is 5.20. The van der Waals surface area contributed by atoms with E-state index in [1.165, 1.54) is 6.07 Å². The van der Waals surface area contributed by atoms with Crippen molar-refractivity contribution in [2.45, 2.75) is 26.3 Å². The van der Waals surface area contributed by atoms with Gasteiger partial charge < -0.3 is 10.1 Å². The van der Waals surface area contributed by atoms with Crippen molar-refractivity contribution >= 4 is 11.6 Å². The molecule has 0 radical (unpaired) electrons. The van der Waals surface area contributed by atoms with Gasteiger partial charge in [-0.2, -0.15) is 0 Å². The van der Waals surface area contributed by atoms with Crippen LogP contribution < -0.4 is 10.1 Å². The van der Waals surface area contributed by atoms with Crippen LogP contribution in [0.3, 0.4) is 0 Å². The van der Waals surface area contributed by atoms with Crippen LogP contribution in [0.2, 0.25) is 5.02 Å². The molecule has 90 valence electrons. The normalized spacial score (nSPS) is 12.5. The summed E-state index contributed by atoms with van der Waals surface area (Å²) >= 11 is 5.63. The maximum absolute atomic E-state index is 13.4. The second-order valence-corrected chi connectivity index (χ2v) is 4.07. The van der Waals surface area contributed by atoms with Crippen molar-refractivity contribution in [3.05, 3.63) is 29.0 Å². The molecule has 0 aliphatic rings. The predicted octanol–water partition coefficient (Wildman–Crippen LogP) is 3.25. The van der Waals surface area contributed by atoms with Gasteiger partial charge in [0.15, 0.2) is 11.6 Å². The van der Waals surface area contributed by atoms with Crippen LogP contribution in [-0.4, -0.2) is 19.2 Å². The zero-order valence-electron chi connectivity index (χ0n) is 9.59. The van der Waals surface area contributed by atoms with Crippen LogP contribution in [0.5, 0.6) is 5.75 Å². The molecule has 1 unspecified atom stereocenters. The van der Waals surface area contributed by atoms with Crippen LogP contribution in [0.25, 0.3) is 0 Å². The Balaban J connectivity index is 2.35. The number of ether oxygens (including phenoxy) is 1. The van der Waals surface area contributed by atoms with Gasteiger partial charge in [0.2, 0.25) is 0 Å². The number of rotatable bonds is 6. The van der Waals surface area contributed by atoms with E-state index in [0.29, 0.717) is 19.2 Å². The quantitative estimate of drug-likeness (QED) is 0.777. The highest BCUT2D eigenvalue weighted by Crippen LogP contribution is 2.23. The predicted molar refractivity (Wildman–Crippen MR) is 64.7 cm³/mol. The second kappa shape index (κ2) is 6.71. The zero-order valence-corrected chi connectivity index (χ0v) is 10.4. The third kappa shape index (κ3) is 3.99. The molecule has 0 saturated heterocycles. The van der Waals surface area contributed by atoms with Crippen LogP contribution in [0.4, 0.5) is 4.39 Å². The average molecular weight is 246 g/mol. The third-order valence-corrected chi connectivity index (χ3v) is 2.67. The Morgan fingerprint density at radius 3 is 2.94 bits per heavy atom. The van der Waals surface area contributed by atoms with Gasteiger partial charge in [-0.1, -0.05) is 24.6 Å². The van der Waals surface area contributed by atoms with Crippen LogP contribution in [-0.2, 0) is 0 Å². The topological polar surface area (TPSA) is 21.3 Å². The SMILES string of the molecule is CCC(C)NCCOc1cccc(Cl)c1F. The number of halogens is 2. The minimum absolute atomic E-state index is 0.0902. The Morgan fingerprint density at radius 1 is 1.50 bits per heavy atom. The van der Waals surface area contributed by atoms with Crippen LogP contribution in [0.15, 0.2) is 18.2 Å². The van der Waals surface area contributed by atoms with Crippen molar-refractivity contribution in [1.29, 1.82) is 0 Å². The Morgan fingerprint density at radius 2 is 2.25 bits per heavy atom. The van der Waals surface area contributed by atoms with Gasteiger partial charge in [0.25, 0.3) is 0 Å². The summed E-state index contributed by atoms with van der Waals surface area (Å²) in [6.45, 7) is 5.33. The van der Waals surface area contributed by atoms with Gasteiger partial charge in [0.05, 0.1) is 5.02 Å². The Hall–Kier alpha value is -0.800. The Kier molecular flexibility index (Phi) is 5.56. The zero-order chi connectivity index (χ0) is 12.0.